The van der Waals surface area contributed by atoms with Gasteiger partial charge in [-0.25, -0.2) is 13.8 Å². The SMILES string of the molecule is Fc1ccc(-c2nc3nn(CCN4CCCC4)cc3c(-c3ccc(F)cc3)c2-c2ccncc2)cc1. The fourth-order valence-electron chi connectivity index (χ4n) is 4.98. The van der Waals surface area contributed by atoms with Crippen molar-refractivity contribution < 1.29 is 8.78 Å². The van der Waals surface area contributed by atoms with E-state index in [0.717, 1.165) is 59.4 Å². The van der Waals surface area contributed by atoms with Gasteiger partial charge in [-0.2, -0.15) is 5.10 Å². The molecule has 0 spiro atoms. The Kier molecular flexibility index (Phi) is 5.99. The molecular formula is C29H25F2N5. The van der Waals surface area contributed by atoms with E-state index in [4.69, 9.17) is 10.1 Å². The van der Waals surface area contributed by atoms with Crippen LogP contribution in [0.3, 0.4) is 0 Å². The van der Waals surface area contributed by atoms with Crippen LogP contribution in [0, 0.1) is 11.6 Å². The van der Waals surface area contributed by atoms with E-state index in [2.05, 4.69) is 9.88 Å². The molecule has 1 saturated heterocycles. The average molecular weight is 482 g/mol. The lowest BCUT2D eigenvalue weighted by atomic mass is 9.90. The number of halogens is 2. The Bertz CT molecular complexity index is 1490. The highest BCUT2D eigenvalue weighted by Crippen LogP contribution is 2.42. The van der Waals surface area contributed by atoms with E-state index in [1.807, 2.05) is 23.0 Å². The summed E-state index contributed by atoms with van der Waals surface area (Å²) in [5, 5.41) is 5.72. The molecule has 5 aromatic rings. The molecule has 5 nitrogen and oxygen atoms in total. The van der Waals surface area contributed by atoms with Crippen LogP contribution in [0.2, 0.25) is 0 Å². The van der Waals surface area contributed by atoms with Crippen LogP contribution in [0.15, 0.2) is 79.3 Å². The van der Waals surface area contributed by atoms with Gasteiger partial charge in [0.25, 0.3) is 0 Å². The summed E-state index contributed by atoms with van der Waals surface area (Å²) in [6.45, 7) is 3.94. The van der Waals surface area contributed by atoms with Crippen LogP contribution in [0.5, 0.6) is 0 Å². The molecule has 1 aliphatic rings. The second kappa shape index (κ2) is 9.59. The molecule has 1 fully saturated rings. The number of rotatable bonds is 6. The average Bonchev–Trinajstić information content (AvgIpc) is 3.58. The van der Waals surface area contributed by atoms with Gasteiger partial charge in [-0.05, 0) is 85.6 Å². The van der Waals surface area contributed by atoms with Gasteiger partial charge in [-0.3, -0.25) is 9.67 Å². The molecule has 0 saturated carbocycles. The van der Waals surface area contributed by atoms with Crippen LogP contribution in [0.1, 0.15) is 12.8 Å². The van der Waals surface area contributed by atoms with Crippen molar-refractivity contribution >= 4 is 11.0 Å². The van der Waals surface area contributed by atoms with Gasteiger partial charge >= 0.3 is 0 Å². The second-order valence-corrected chi connectivity index (χ2v) is 9.14. The fourth-order valence-corrected chi connectivity index (χ4v) is 4.98. The summed E-state index contributed by atoms with van der Waals surface area (Å²) in [5.41, 5.74) is 5.65. The van der Waals surface area contributed by atoms with Gasteiger partial charge in [0.2, 0.25) is 0 Å². The van der Waals surface area contributed by atoms with Crippen LogP contribution in [0.4, 0.5) is 8.78 Å². The molecule has 0 unspecified atom stereocenters. The van der Waals surface area contributed by atoms with Gasteiger partial charge in [0.1, 0.15) is 11.6 Å². The Morgan fingerprint density at radius 1 is 0.694 bits per heavy atom. The van der Waals surface area contributed by atoms with Crippen molar-refractivity contribution in [3.8, 4) is 33.5 Å². The van der Waals surface area contributed by atoms with Gasteiger partial charge in [-0.15, -0.1) is 0 Å². The van der Waals surface area contributed by atoms with Crippen LogP contribution in [-0.4, -0.2) is 44.3 Å². The molecule has 6 rings (SSSR count). The monoisotopic (exact) mass is 481 g/mol. The van der Waals surface area contributed by atoms with E-state index >= 15 is 0 Å². The fraction of sp³-hybridized carbons (Fsp3) is 0.207. The number of nitrogens with zero attached hydrogens (tertiary/aromatic N) is 5. The molecule has 3 aromatic heterocycles. The van der Waals surface area contributed by atoms with Gasteiger partial charge < -0.3 is 4.90 Å². The Morgan fingerprint density at radius 2 is 1.31 bits per heavy atom. The molecule has 0 bridgehead atoms. The Morgan fingerprint density at radius 3 is 1.97 bits per heavy atom. The molecule has 1 aliphatic heterocycles. The summed E-state index contributed by atoms with van der Waals surface area (Å²) in [6.07, 6.45) is 8.00. The van der Waals surface area contributed by atoms with Crippen LogP contribution in [-0.2, 0) is 6.54 Å². The van der Waals surface area contributed by atoms with Gasteiger partial charge in [-0.1, -0.05) is 12.1 Å². The number of pyridine rings is 2. The van der Waals surface area contributed by atoms with Crippen LogP contribution < -0.4 is 0 Å². The minimum absolute atomic E-state index is 0.297. The Balaban J connectivity index is 1.60. The lowest BCUT2D eigenvalue weighted by molar-refractivity contribution is 0.316. The van der Waals surface area contributed by atoms with Gasteiger partial charge in [0.15, 0.2) is 5.65 Å². The number of likely N-dealkylation sites (tertiary alicyclic amines) is 1. The topological polar surface area (TPSA) is 46.8 Å². The predicted octanol–water partition coefficient (Wildman–Crippen LogP) is 6.20. The van der Waals surface area contributed by atoms with Crippen molar-refractivity contribution in [3.63, 3.8) is 0 Å². The van der Waals surface area contributed by atoms with Crippen molar-refractivity contribution in [2.75, 3.05) is 19.6 Å². The van der Waals surface area contributed by atoms with E-state index in [1.165, 1.54) is 37.1 Å². The lowest BCUT2D eigenvalue weighted by Gasteiger charge is -2.16. The van der Waals surface area contributed by atoms with E-state index < -0.39 is 0 Å². The third kappa shape index (κ3) is 4.38. The highest BCUT2D eigenvalue weighted by molar-refractivity contribution is 6.05. The molecule has 7 heteroatoms. The van der Waals surface area contributed by atoms with Gasteiger partial charge in [0.05, 0.1) is 12.2 Å². The van der Waals surface area contributed by atoms with Crippen molar-refractivity contribution in [2.45, 2.75) is 19.4 Å². The quantitative estimate of drug-likeness (QED) is 0.290. The lowest BCUT2D eigenvalue weighted by Crippen LogP contribution is -2.24. The number of hydrogen-bond acceptors (Lipinski definition) is 4. The number of hydrogen-bond donors (Lipinski definition) is 0. The number of aromatic nitrogens is 4. The van der Waals surface area contributed by atoms with E-state index in [0.29, 0.717) is 11.3 Å². The van der Waals surface area contributed by atoms with Crippen LogP contribution >= 0.6 is 0 Å². The smallest absolute Gasteiger partial charge is 0.182 e. The predicted molar refractivity (Wildman–Crippen MR) is 137 cm³/mol. The van der Waals surface area contributed by atoms with E-state index in [1.54, 1.807) is 36.7 Å². The molecule has 4 heterocycles. The first-order chi connectivity index (χ1) is 17.7. The highest BCUT2D eigenvalue weighted by Gasteiger charge is 2.22. The molecule has 180 valence electrons. The summed E-state index contributed by atoms with van der Waals surface area (Å²) in [5.74, 6) is -0.607. The standard InChI is InChI=1S/C29H25F2N5/c30-23-7-3-20(4-8-23)26-25-19-36(18-17-35-15-1-2-16-35)34-29(25)33-28(22-5-9-24(31)10-6-22)27(26)21-11-13-32-14-12-21/h3-14,19H,1-2,15-18H2. The summed E-state index contributed by atoms with van der Waals surface area (Å²) in [7, 11) is 0. The van der Waals surface area contributed by atoms with Crippen LogP contribution in [0.25, 0.3) is 44.5 Å². The molecule has 0 aliphatic carbocycles. The maximum absolute atomic E-state index is 13.9. The molecule has 0 amide bonds. The summed E-state index contributed by atoms with van der Waals surface area (Å²) < 4.78 is 29.6. The first-order valence-electron chi connectivity index (χ1n) is 12.2. The third-order valence-corrected chi connectivity index (χ3v) is 6.78. The normalized spacial score (nSPS) is 14.1. The summed E-state index contributed by atoms with van der Waals surface area (Å²) in [6, 6.07) is 16.7. The Labute approximate surface area is 208 Å². The van der Waals surface area contributed by atoms with Crippen molar-refractivity contribution in [1.82, 2.24) is 24.6 Å². The zero-order valence-corrected chi connectivity index (χ0v) is 19.7. The molecule has 0 atom stereocenters. The molecule has 2 aromatic carbocycles. The van der Waals surface area contributed by atoms with Crippen molar-refractivity contribution in [3.05, 3.63) is 90.9 Å². The van der Waals surface area contributed by atoms with Gasteiger partial charge in [0, 0.05) is 47.2 Å². The largest absolute Gasteiger partial charge is 0.301 e. The summed E-state index contributed by atoms with van der Waals surface area (Å²) in [4.78, 5) is 11.6. The van der Waals surface area contributed by atoms with Crippen molar-refractivity contribution in [2.24, 2.45) is 0 Å². The molecule has 36 heavy (non-hydrogen) atoms. The number of fused-ring (bicyclic) bond motifs is 1. The van der Waals surface area contributed by atoms with E-state index in [-0.39, 0.29) is 11.6 Å². The molecular weight excluding hydrogens is 456 g/mol. The third-order valence-electron chi connectivity index (χ3n) is 6.78. The minimum Gasteiger partial charge on any atom is -0.301 e. The highest BCUT2D eigenvalue weighted by atomic mass is 19.1. The molecule has 0 radical (unpaired) electrons. The van der Waals surface area contributed by atoms with E-state index in [9.17, 15) is 8.78 Å². The Hall–Kier alpha value is -3.97. The zero-order valence-electron chi connectivity index (χ0n) is 19.7. The maximum atomic E-state index is 13.9. The zero-order chi connectivity index (χ0) is 24.5. The number of benzene rings is 2. The molecule has 0 N–H and O–H groups in total. The summed E-state index contributed by atoms with van der Waals surface area (Å²) >= 11 is 0. The first kappa shape index (κ1) is 22.5. The second-order valence-electron chi connectivity index (χ2n) is 9.14. The minimum atomic E-state index is -0.310. The van der Waals surface area contributed by atoms with Crippen molar-refractivity contribution in [1.29, 1.82) is 0 Å². The maximum Gasteiger partial charge on any atom is 0.182 e. The first-order valence-corrected chi connectivity index (χ1v) is 12.2.